The lowest BCUT2D eigenvalue weighted by molar-refractivity contribution is -0.106. The van der Waals surface area contributed by atoms with Crippen LogP contribution in [0, 0.1) is 5.92 Å². The van der Waals surface area contributed by atoms with Crippen molar-refractivity contribution < 1.29 is 14.3 Å². The fourth-order valence-electron chi connectivity index (χ4n) is 2.84. The van der Waals surface area contributed by atoms with E-state index in [4.69, 9.17) is 14.3 Å². The first-order valence-corrected chi connectivity index (χ1v) is 8.14. The SMILES string of the molecule is CC(C)CC(C)N(C)C(C)Cc1ccc2c(c1)OCO2.NC=O. The molecule has 0 aliphatic carbocycles. The maximum absolute atomic E-state index is 8.58. The Morgan fingerprint density at radius 1 is 1.17 bits per heavy atom. The molecule has 0 spiro atoms. The third kappa shape index (κ3) is 6.10. The van der Waals surface area contributed by atoms with Crippen LogP contribution in [0.2, 0.25) is 0 Å². The number of nitrogens with zero attached hydrogens (tertiary/aromatic N) is 1. The third-order valence-corrected chi connectivity index (χ3v) is 4.17. The van der Waals surface area contributed by atoms with E-state index in [2.05, 4.69) is 57.5 Å². The molecule has 0 radical (unpaired) electrons. The van der Waals surface area contributed by atoms with Crippen molar-refractivity contribution in [1.82, 2.24) is 4.90 Å². The van der Waals surface area contributed by atoms with E-state index in [0.717, 1.165) is 23.8 Å². The van der Waals surface area contributed by atoms with E-state index in [0.29, 0.717) is 18.9 Å². The van der Waals surface area contributed by atoms with Crippen LogP contribution in [0.15, 0.2) is 18.2 Å². The fraction of sp³-hybridized carbons (Fsp3) is 0.611. The number of carbonyl (C=O) groups is 1. The Balaban J connectivity index is 0.000000816. The first-order chi connectivity index (χ1) is 10.9. The zero-order valence-electron chi connectivity index (χ0n) is 14.9. The lowest BCUT2D eigenvalue weighted by Gasteiger charge is -2.32. The Morgan fingerprint density at radius 3 is 2.39 bits per heavy atom. The molecule has 0 bridgehead atoms. The van der Waals surface area contributed by atoms with Crippen LogP contribution in [0.4, 0.5) is 0 Å². The van der Waals surface area contributed by atoms with Gasteiger partial charge in [-0.3, -0.25) is 4.79 Å². The maximum atomic E-state index is 8.58. The first kappa shape index (κ1) is 19.3. The Morgan fingerprint density at radius 2 is 1.78 bits per heavy atom. The normalized spacial score (nSPS) is 15.1. The fourth-order valence-corrected chi connectivity index (χ4v) is 2.84. The minimum absolute atomic E-state index is 0.250. The molecule has 130 valence electrons. The van der Waals surface area contributed by atoms with Gasteiger partial charge in [-0.25, -0.2) is 0 Å². The first-order valence-electron chi connectivity index (χ1n) is 8.14. The Bertz CT molecular complexity index is 491. The molecule has 1 aromatic rings. The molecule has 5 nitrogen and oxygen atoms in total. The van der Waals surface area contributed by atoms with Crippen molar-refractivity contribution in [2.45, 2.75) is 52.6 Å². The average molecular weight is 322 g/mol. The van der Waals surface area contributed by atoms with Crippen molar-refractivity contribution in [2.75, 3.05) is 13.8 Å². The van der Waals surface area contributed by atoms with Crippen molar-refractivity contribution in [3.63, 3.8) is 0 Å². The number of primary amides is 1. The molecule has 23 heavy (non-hydrogen) atoms. The van der Waals surface area contributed by atoms with Crippen LogP contribution >= 0.6 is 0 Å². The van der Waals surface area contributed by atoms with Gasteiger partial charge in [0.1, 0.15) is 0 Å². The summed E-state index contributed by atoms with van der Waals surface area (Å²) in [6.07, 6.45) is 2.53. The number of benzene rings is 1. The van der Waals surface area contributed by atoms with Crippen molar-refractivity contribution >= 4 is 6.41 Å². The molecule has 0 fully saturated rings. The Kier molecular flexibility index (Phi) is 7.89. The quantitative estimate of drug-likeness (QED) is 0.818. The second kappa shape index (κ2) is 9.40. The molecule has 2 atom stereocenters. The van der Waals surface area contributed by atoms with Gasteiger partial charge in [-0.2, -0.15) is 0 Å². The van der Waals surface area contributed by atoms with Gasteiger partial charge in [0.15, 0.2) is 11.5 Å². The highest BCUT2D eigenvalue weighted by Crippen LogP contribution is 2.33. The van der Waals surface area contributed by atoms with Crippen molar-refractivity contribution in [3.05, 3.63) is 23.8 Å². The van der Waals surface area contributed by atoms with Gasteiger partial charge < -0.3 is 20.1 Å². The summed E-state index contributed by atoms with van der Waals surface area (Å²) in [7, 11) is 2.23. The number of ether oxygens (including phenoxy) is 2. The number of amides is 1. The molecule has 1 heterocycles. The van der Waals surface area contributed by atoms with Crippen molar-refractivity contribution in [2.24, 2.45) is 11.7 Å². The molecule has 1 amide bonds. The van der Waals surface area contributed by atoms with Gasteiger partial charge in [0.25, 0.3) is 0 Å². The second-order valence-corrected chi connectivity index (χ2v) is 6.52. The topological polar surface area (TPSA) is 64.8 Å². The highest BCUT2D eigenvalue weighted by atomic mass is 16.7. The van der Waals surface area contributed by atoms with Gasteiger partial charge in [-0.1, -0.05) is 19.9 Å². The highest BCUT2D eigenvalue weighted by Gasteiger charge is 2.19. The Labute approximate surface area is 139 Å². The van der Waals surface area contributed by atoms with Gasteiger partial charge in [-0.05, 0) is 57.4 Å². The predicted octanol–water partition coefficient (Wildman–Crippen LogP) is 2.81. The van der Waals surface area contributed by atoms with E-state index in [1.165, 1.54) is 12.0 Å². The van der Waals surface area contributed by atoms with Crippen molar-refractivity contribution in [3.8, 4) is 11.5 Å². The summed E-state index contributed by atoms with van der Waals surface area (Å²) >= 11 is 0. The predicted molar refractivity (Wildman–Crippen MR) is 92.7 cm³/mol. The minimum Gasteiger partial charge on any atom is -0.454 e. The third-order valence-electron chi connectivity index (χ3n) is 4.17. The molecule has 0 saturated carbocycles. The summed E-state index contributed by atoms with van der Waals surface area (Å²) in [5.41, 5.74) is 5.48. The van der Waals surface area contributed by atoms with Gasteiger partial charge in [0.05, 0.1) is 0 Å². The average Bonchev–Trinajstić information content (AvgIpc) is 2.94. The summed E-state index contributed by atoms with van der Waals surface area (Å²) in [6, 6.07) is 7.40. The lowest BCUT2D eigenvalue weighted by Crippen LogP contribution is -2.38. The molecule has 2 unspecified atom stereocenters. The summed E-state index contributed by atoms with van der Waals surface area (Å²) in [4.78, 5) is 11.1. The zero-order valence-corrected chi connectivity index (χ0v) is 14.9. The Hall–Kier alpha value is -1.75. The molecule has 1 aliphatic heterocycles. The number of carbonyl (C=O) groups excluding carboxylic acids is 1. The highest BCUT2D eigenvalue weighted by molar-refractivity contribution is 5.44. The van der Waals surface area contributed by atoms with E-state index in [-0.39, 0.29) is 6.41 Å². The van der Waals surface area contributed by atoms with E-state index >= 15 is 0 Å². The van der Waals surface area contributed by atoms with Crippen LogP contribution in [-0.4, -0.2) is 37.2 Å². The zero-order chi connectivity index (χ0) is 17.4. The largest absolute Gasteiger partial charge is 0.454 e. The van der Waals surface area contributed by atoms with Crippen LogP contribution < -0.4 is 15.2 Å². The molecule has 1 aliphatic rings. The number of fused-ring (bicyclic) bond motifs is 1. The smallest absolute Gasteiger partial charge is 0.231 e. The summed E-state index contributed by atoms with van der Waals surface area (Å²) in [6.45, 7) is 9.52. The lowest BCUT2D eigenvalue weighted by atomic mass is 10.0. The molecular formula is C18H30N2O3. The second-order valence-electron chi connectivity index (χ2n) is 6.52. The standard InChI is InChI=1S/C17H27NO2.CH3NO/c1-12(2)8-13(3)18(5)14(4)9-15-6-7-16-17(10-15)20-11-19-16;2-1-3/h6-7,10,12-14H,8-9,11H2,1-5H3;1H,(H2,2,3). The van der Waals surface area contributed by atoms with E-state index in [1.54, 1.807) is 0 Å². The van der Waals surface area contributed by atoms with Crippen LogP contribution in [0.25, 0.3) is 0 Å². The van der Waals surface area contributed by atoms with Crippen LogP contribution in [0.1, 0.15) is 39.7 Å². The number of hydrogen-bond donors (Lipinski definition) is 1. The number of nitrogens with two attached hydrogens (primary N) is 1. The number of likely N-dealkylation sites (N-methyl/N-ethyl adjacent to an activating group) is 1. The van der Waals surface area contributed by atoms with Gasteiger partial charge in [-0.15, -0.1) is 0 Å². The molecule has 2 N–H and O–H groups in total. The van der Waals surface area contributed by atoms with Crippen molar-refractivity contribution in [1.29, 1.82) is 0 Å². The molecule has 0 aromatic heterocycles. The van der Waals surface area contributed by atoms with Crippen LogP contribution in [-0.2, 0) is 11.2 Å². The monoisotopic (exact) mass is 322 g/mol. The summed E-state index contributed by atoms with van der Waals surface area (Å²) in [5, 5.41) is 0. The van der Waals surface area contributed by atoms with E-state index in [9.17, 15) is 0 Å². The number of rotatable bonds is 6. The van der Waals surface area contributed by atoms with E-state index in [1.807, 2.05) is 6.07 Å². The maximum Gasteiger partial charge on any atom is 0.231 e. The minimum atomic E-state index is 0.250. The van der Waals surface area contributed by atoms with E-state index < -0.39 is 0 Å². The number of hydrogen-bond acceptors (Lipinski definition) is 4. The van der Waals surface area contributed by atoms with Gasteiger partial charge >= 0.3 is 0 Å². The summed E-state index contributed by atoms with van der Waals surface area (Å²) in [5.74, 6) is 2.49. The molecule has 1 aromatic carbocycles. The van der Waals surface area contributed by atoms with Gasteiger partial charge in [0, 0.05) is 12.1 Å². The summed E-state index contributed by atoms with van der Waals surface area (Å²) < 4.78 is 10.8. The van der Waals surface area contributed by atoms with Crippen LogP contribution in [0.5, 0.6) is 11.5 Å². The molecule has 2 rings (SSSR count). The van der Waals surface area contributed by atoms with Crippen LogP contribution in [0.3, 0.4) is 0 Å². The molecular weight excluding hydrogens is 292 g/mol. The van der Waals surface area contributed by atoms with Gasteiger partial charge in [0.2, 0.25) is 13.2 Å². The molecule has 5 heteroatoms. The molecule has 0 saturated heterocycles.